The Kier molecular flexibility index (Phi) is 6.77. The second-order valence-electron chi connectivity index (χ2n) is 5.22. The Morgan fingerprint density at radius 1 is 1.12 bits per heavy atom. The van der Waals surface area contributed by atoms with E-state index in [-0.39, 0.29) is 12.4 Å². The number of benzene rings is 1. The van der Waals surface area contributed by atoms with Gasteiger partial charge in [0.1, 0.15) is 6.54 Å². The Morgan fingerprint density at radius 3 is 2.65 bits per heavy atom. The Balaban J connectivity index is 1.69. The number of imide groups is 1. The number of urea groups is 1. The molecule has 1 aliphatic heterocycles. The predicted molar refractivity (Wildman–Crippen MR) is 87.7 cm³/mol. The van der Waals surface area contributed by atoms with Crippen LogP contribution < -0.4 is 25.4 Å². The molecule has 1 aromatic rings. The van der Waals surface area contributed by atoms with Gasteiger partial charge in [-0.25, -0.2) is 4.79 Å². The summed E-state index contributed by atoms with van der Waals surface area (Å²) in [6.45, 7) is 1.32. The summed E-state index contributed by atoms with van der Waals surface area (Å²) in [6.07, 6.45) is 0.722. The van der Waals surface area contributed by atoms with Crippen molar-refractivity contribution in [1.29, 1.82) is 0 Å². The molecule has 26 heavy (non-hydrogen) atoms. The molecule has 4 amide bonds. The number of ether oxygens (including phenoxy) is 3. The summed E-state index contributed by atoms with van der Waals surface area (Å²) in [6, 6.07) is 3.94. The van der Waals surface area contributed by atoms with E-state index >= 15 is 0 Å². The van der Waals surface area contributed by atoms with E-state index in [0.717, 1.165) is 6.42 Å². The molecule has 3 N–H and O–H groups in total. The normalized spacial score (nSPS) is 11.4. The monoisotopic (exact) mass is 365 g/mol. The molecule has 0 saturated heterocycles. The van der Waals surface area contributed by atoms with Crippen molar-refractivity contribution in [2.75, 3.05) is 26.5 Å². The molecule has 2 rings (SSSR count). The fourth-order valence-electron chi connectivity index (χ4n) is 1.93. The highest BCUT2D eigenvalue weighted by molar-refractivity contribution is 5.97. The summed E-state index contributed by atoms with van der Waals surface area (Å²) < 4.78 is 15.0. The van der Waals surface area contributed by atoms with E-state index in [2.05, 4.69) is 15.4 Å². The van der Waals surface area contributed by atoms with Gasteiger partial charge >= 0.3 is 12.0 Å². The van der Waals surface area contributed by atoms with Crippen molar-refractivity contribution in [2.24, 2.45) is 0 Å². The highest BCUT2D eigenvalue weighted by atomic mass is 16.7. The van der Waals surface area contributed by atoms with Crippen LogP contribution in [0.1, 0.15) is 23.7 Å². The maximum atomic E-state index is 12.0. The van der Waals surface area contributed by atoms with Gasteiger partial charge in [0.2, 0.25) is 6.79 Å². The van der Waals surface area contributed by atoms with Crippen molar-refractivity contribution < 1.29 is 33.4 Å². The van der Waals surface area contributed by atoms with Crippen LogP contribution >= 0.6 is 0 Å². The van der Waals surface area contributed by atoms with E-state index < -0.39 is 37.0 Å². The molecular weight excluding hydrogens is 346 g/mol. The number of hydrogen-bond donors (Lipinski definition) is 3. The van der Waals surface area contributed by atoms with Crippen LogP contribution in [0.4, 0.5) is 4.79 Å². The Hall–Kier alpha value is -3.30. The number of fused-ring (bicyclic) bond motifs is 1. The number of hydrogen-bond acceptors (Lipinski definition) is 7. The first-order chi connectivity index (χ1) is 12.5. The third-order valence-electron chi connectivity index (χ3n) is 3.18. The summed E-state index contributed by atoms with van der Waals surface area (Å²) in [7, 11) is 0. The van der Waals surface area contributed by atoms with E-state index in [4.69, 9.17) is 9.47 Å². The molecule has 1 heterocycles. The average Bonchev–Trinajstić information content (AvgIpc) is 3.10. The van der Waals surface area contributed by atoms with Crippen LogP contribution in [0.2, 0.25) is 0 Å². The summed E-state index contributed by atoms with van der Waals surface area (Å²) in [5.41, 5.74) is 0.285. The fourth-order valence-corrected chi connectivity index (χ4v) is 1.93. The molecule has 0 unspecified atom stereocenters. The largest absolute Gasteiger partial charge is 0.454 e. The van der Waals surface area contributed by atoms with Gasteiger partial charge in [0.15, 0.2) is 18.1 Å². The van der Waals surface area contributed by atoms with Crippen LogP contribution in [0.3, 0.4) is 0 Å². The van der Waals surface area contributed by atoms with Crippen molar-refractivity contribution in [3.05, 3.63) is 23.8 Å². The van der Waals surface area contributed by atoms with Crippen LogP contribution in [-0.4, -0.2) is 50.3 Å². The molecule has 0 fully saturated rings. The molecule has 0 atom stereocenters. The zero-order chi connectivity index (χ0) is 18.9. The van der Waals surface area contributed by atoms with E-state index in [0.29, 0.717) is 18.0 Å². The smallest absolute Gasteiger partial charge is 0.325 e. The quantitative estimate of drug-likeness (QED) is 0.576. The second-order valence-corrected chi connectivity index (χ2v) is 5.22. The molecular formula is C16H19N3O7. The number of carbonyl (C=O) groups excluding carboxylic acids is 4. The Morgan fingerprint density at radius 2 is 1.88 bits per heavy atom. The minimum absolute atomic E-state index is 0.0886. The van der Waals surface area contributed by atoms with Crippen molar-refractivity contribution in [3.8, 4) is 11.5 Å². The summed E-state index contributed by atoms with van der Waals surface area (Å²) >= 11 is 0. The fraction of sp³-hybridized carbons (Fsp3) is 0.375. The summed E-state index contributed by atoms with van der Waals surface area (Å²) in [5.74, 6) is -1.12. The summed E-state index contributed by atoms with van der Waals surface area (Å²) in [4.78, 5) is 46.2. The molecule has 140 valence electrons. The second kappa shape index (κ2) is 9.25. The summed E-state index contributed by atoms with van der Waals surface area (Å²) in [5, 5.41) is 6.81. The molecule has 0 spiro atoms. The average molecular weight is 365 g/mol. The highest BCUT2D eigenvalue weighted by Gasteiger charge is 2.17. The van der Waals surface area contributed by atoms with E-state index in [1.54, 1.807) is 6.07 Å². The molecule has 0 aromatic heterocycles. The maximum Gasteiger partial charge on any atom is 0.325 e. The van der Waals surface area contributed by atoms with Crippen LogP contribution in [0.5, 0.6) is 11.5 Å². The van der Waals surface area contributed by atoms with E-state index in [1.807, 2.05) is 12.2 Å². The third kappa shape index (κ3) is 5.65. The number of amides is 4. The highest BCUT2D eigenvalue weighted by Crippen LogP contribution is 2.32. The van der Waals surface area contributed by atoms with Crippen molar-refractivity contribution in [2.45, 2.75) is 13.3 Å². The van der Waals surface area contributed by atoms with Gasteiger partial charge in [0, 0.05) is 12.1 Å². The van der Waals surface area contributed by atoms with E-state index in [9.17, 15) is 19.2 Å². The number of nitrogens with one attached hydrogen (secondary N) is 3. The van der Waals surface area contributed by atoms with Crippen molar-refractivity contribution in [3.63, 3.8) is 0 Å². The number of carbonyl (C=O) groups is 4. The van der Waals surface area contributed by atoms with Gasteiger partial charge in [-0.2, -0.15) is 0 Å². The first kappa shape index (κ1) is 19.0. The maximum absolute atomic E-state index is 12.0. The van der Waals surface area contributed by atoms with Crippen LogP contribution in [0.25, 0.3) is 0 Å². The lowest BCUT2D eigenvalue weighted by atomic mass is 10.2. The Bertz CT molecular complexity index is 705. The first-order valence-corrected chi connectivity index (χ1v) is 7.90. The molecule has 0 bridgehead atoms. The lowest BCUT2D eigenvalue weighted by Crippen LogP contribution is -2.42. The number of esters is 1. The van der Waals surface area contributed by atoms with Gasteiger partial charge in [-0.1, -0.05) is 6.92 Å². The molecule has 0 aliphatic carbocycles. The van der Waals surface area contributed by atoms with Crippen LogP contribution in [0.15, 0.2) is 18.2 Å². The lowest BCUT2D eigenvalue weighted by Gasteiger charge is -2.08. The number of rotatable bonds is 7. The molecule has 10 heteroatoms. The van der Waals surface area contributed by atoms with Gasteiger partial charge < -0.3 is 24.8 Å². The molecule has 0 saturated carbocycles. The minimum atomic E-state index is -0.816. The van der Waals surface area contributed by atoms with E-state index in [1.165, 1.54) is 12.1 Å². The zero-order valence-electron chi connectivity index (χ0n) is 14.1. The van der Waals surface area contributed by atoms with Gasteiger partial charge in [-0.15, -0.1) is 0 Å². The third-order valence-corrected chi connectivity index (χ3v) is 3.18. The van der Waals surface area contributed by atoms with Gasteiger partial charge in [0.25, 0.3) is 11.8 Å². The molecule has 1 aliphatic rings. The molecule has 1 aromatic carbocycles. The molecule has 10 nitrogen and oxygen atoms in total. The van der Waals surface area contributed by atoms with Crippen molar-refractivity contribution in [1.82, 2.24) is 16.0 Å². The van der Waals surface area contributed by atoms with Gasteiger partial charge in [-0.05, 0) is 24.6 Å². The topological polar surface area (TPSA) is 132 Å². The first-order valence-electron chi connectivity index (χ1n) is 7.90. The minimum Gasteiger partial charge on any atom is -0.454 e. The van der Waals surface area contributed by atoms with Gasteiger partial charge in [-0.3, -0.25) is 19.7 Å². The Labute approximate surface area is 149 Å². The standard InChI is InChI=1S/C16H19N3O7/c1-2-5-17-16(23)19-13(20)8-24-14(21)7-18-15(22)10-3-4-11-12(6-10)26-9-25-11/h3-4,6H,2,5,7-9H2,1H3,(H,18,22)(H2,17,19,20,23). The van der Waals surface area contributed by atoms with Crippen molar-refractivity contribution >= 4 is 23.8 Å². The van der Waals surface area contributed by atoms with Gasteiger partial charge in [0.05, 0.1) is 0 Å². The lowest BCUT2D eigenvalue weighted by molar-refractivity contribution is -0.147. The van der Waals surface area contributed by atoms with Crippen LogP contribution in [0, 0.1) is 0 Å². The zero-order valence-corrected chi connectivity index (χ0v) is 14.1. The molecule has 0 radical (unpaired) electrons. The predicted octanol–water partition coefficient (Wildman–Crippen LogP) is -0.0759. The van der Waals surface area contributed by atoms with Crippen LogP contribution in [-0.2, 0) is 14.3 Å². The SMILES string of the molecule is CCCNC(=O)NC(=O)COC(=O)CNC(=O)c1ccc2c(c1)OCO2.